The Hall–Kier alpha value is -0.610. The van der Waals surface area contributed by atoms with E-state index in [1.54, 1.807) is 13.8 Å². The molecule has 0 fully saturated rings. The summed E-state index contributed by atoms with van der Waals surface area (Å²) in [6, 6.07) is 0. The van der Waals surface area contributed by atoms with Crippen LogP contribution in [0.2, 0.25) is 0 Å². The molecule has 0 radical (unpaired) electrons. The first-order valence-corrected chi connectivity index (χ1v) is 13.8. The maximum absolute atomic E-state index is 11.2. The fourth-order valence-corrected chi connectivity index (χ4v) is 4.54. The van der Waals surface area contributed by atoms with Gasteiger partial charge in [0.2, 0.25) is 0 Å². The number of aliphatic hydroxyl groups is 1. The molecule has 0 heterocycles. The van der Waals surface area contributed by atoms with Crippen LogP contribution in [0, 0.1) is 5.41 Å². The maximum Gasteiger partial charge on any atom is 0.309 e. The third-order valence-corrected chi connectivity index (χ3v) is 6.99. The van der Waals surface area contributed by atoms with Gasteiger partial charge in [0.1, 0.15) is 12.6 Å². The van der Waals surface area contributed by atoms with Crippen molar-refractivity contribution in [2.45, 2.75) is 142 Å². The van der Waals surface area contributed by atoms with Gasteiger partial charge >= 0.3 is 5.97 Å². The van der Waals surface area contributed by atoms with Crippen LogP contribution in [-0.2, 0) is 4.79 Å². The number of aliphatic hydroxyl groups excluding tert-OH is 1. The van der Waals surface area contributed by atoms with E-state index in [-0.39, 0.29) is 6.10 Å². The van der Waals surface area contributed by atoms with E-state index in [4.69, 9.17) is 0 Å². The van der Waals surface area contributed by atoms with Crippen LogP contribution in [0.15, 0.2) is 0 Å². The molecule has 0 saturated heterocycles. The quantitative estimate of drug-likeness (QED) is 0.123. The van der Waals surface area contributed by atoms with Gasteiger partial charge in [-0.3, -0.25) is 4.79 Å². The van der Waals surface area contributed by atoms with Gasteiger partial charge in [-0.05, 0) is 39.5 Å². The predicted molar refractivity (Wildman–Crippen MR) is 138 cm³/mol. The molecule has 4 heteroatoms. The van der Waals surface area contributed by atoms with Crippen molar-refractivity contribution in [2.24, 2.45) is 5.41 Å². The standard InChI is InChI=1S/C28H57NO3/c1-6-7-8-9-10-11-12-13-14-15-16-17-18-19-22-26(30)25-29(4,5)24-21-20-23-28(2,3)27(31)32/h26,30H,6-25H2,1-5H3/p+1. The maximum atomic E-state index is 11.2. The molecular formula is C28H58NO3+. The number of carboxylic acid groups (broad SMARTS) is 1. The van der Waals surface area contributed by atoms with E-state index in [1.807, 2.05) is 0 Å². The molecule has 1 atom stereocenters. The lowest BCUT2D eigenvalue weighted by atomic mass is 9.87. The van der Waals surface area contributed by atoms with Gasteiger partial charge in [0.15, 0.2) is 0 Å². The third kappa shape index (κ3) is 18.9. The van der Waals surface area contributed by atoms with Gasteiger partial charge in [-0.2, -0.15) is 0 Å². The first-order valence-electron chi connectivity index (χ1n) is 13.8. The molecule has 0 bridgehead atoms. The molecule has 2 N–H and O–H groups in total. The highest BCUT2D eigenvalue weighted by Gasteiger charge is 2.27. The second-order valence-electron chi connectivity index (χ2n) is 11.5. The number of aliphatic carboxylic acids is 1. The van der Waals surface area contributed by atoms with Crippen LogP contribution in [0.25, 0.3) is 0 Å². The Kier molecular flexibility index (Phi) is 18.4. The van der Waals surface area contributed by atoms with Gasteiger partial charge in [0.05, 0.1) is 26.1 Å². The molecule has 32 heavy (non-hydrogen) atoms. The number of rotatable bonds is 23. The number of hydrogen-bond donors (Lipinski definition) is 2. The molecule has 0 aromatic heterocycles. The van der Waals surface area contributed by atoms with Gasteiger partial charge in [-0.15, -0.1) is 0 Å². The van der Waals surface area contributed by atoms with Gasteiger partial charge in [0, 0.05) is 0 Å². The number of likely N-dealkylation sites (N-methyl/N-ethyl adjacent to an activating group) is 1. The molecule has 0 spiro atoms. The van der Waals surface area contributed by atoms with Crippen molar-refractivity contribution >= 4 is 5.97 Å². The zero-order valence-electron chi connectivity index (χ0n) is 22.5. The second kappa shape index (κ2) is 18.8. The summed E-state index contributed by atoms with van der Waals surface area (Å²) in [6.45, 7) is 7.66. The summed E-state index contributed by atoms with van der Waals surface area (Å²) in [5.74, 6) is -0.713. The van der Waals surface area contributed by atoms with Crippen LogP contribution in [0.5, 0.6) is 0 Å². The van der Waals surface area contributed by atoms with Gasteiger partial charge in [-0.25, -0.2) is 0 Å². The average molecular weight is 457 g/mol. The SMILES string of the molecule is CCCCCCCCCCCCCCCCC(O)C[N+](C)(C)CCCCC(C)(C)C(=O)O. The molecule has 192 valence electrons. The minimum atomic E-state index is -0.713. The zero-order valence-corrected chi connectivity index (χ0v) is 22.5. The third-order valence-electron chi connectivity index (χ3n) is 6.99. The van der Waals surface area contributed by atoms with Crippen LogP contribution in [0.1, 0.15) is 136 Å². The highest BCUT2D eigenvalue weighted by molar-refractivity contribution is 5.73. The number of carboxylic acids is 1. The molecule has 0 aliphatic carbocycles. The number of nitrogens with zero attached hydrogens (tertiary/aromatic N) is 1. The van der Waals surface area contributed by atoms with Crippen molar-refractivity contribution in [3.8, 4) is 0 Å². The topological polar surface area (TPSA) is 57.5 Å². The molecule has 0 saturated carbocycles. The average Bonchev–Trinajstić information content (AvgIpc) is 2.71. The highest BCUT2D eigenvalue weighted by atomic mass is 16.4. The molecule has 1 unspecified atom stereocenters. The Morgan fingerprint density at radius 1 is 0.750 bits per heavy atom. The van der Waals surface area contributed by atoms with Crippen LogP contribution in [0.4, 0.5) is 0 Å². The minimum absolute atomic E-state index is 0.224. The second-order valence-corrected chi connectivity index (χ2v) is 11.5. The summed E-state index contributed by atoms with van der Waals surface area (Å²) >= 11 is 0. The van der Waals surface area contributed by atoms with Crippen LogP contribution in [0.3, 0.4) is 0 Å². The number of carbonyl (C=O) groups is 1. The molecule has 0 aromatic carbocycles. The van der Waals surface area contributed by atoms with Gasteiger partial charge in [-0.1, -0.05) is 96.8 Å². The Bertz CT molecular complexity index is 448. The fourth-order valence-electron chi connectivity index (χ4n) is 4.54. The van der Waals surface area contributed by atoms with Crippen LogP contribution in [-0.4, -0.2) is 54.0 Å². The van der Waals surface area contributed by atoms with Crippen LogP contribution < -0.4 is 0 Å². The van der Waals surface area contributed by atoms with Crippen LogP contribution >= 0.6 is 0 Å². The Morgan fingerprint density at radius 3 is 1.62 bits per heavy atom. The normalized spacial score (nSPS) is 13.4. The zero-order chi connectivity index (χ0) is 24.3. The van der Waals surface area contributed by atoms with Crippen molar-refractivity contribution in [1.82, 2.24) is 0 Å². The highest BCUT2D eigenvalue weighted by Crippen LogP contribution is 2.23. The monoisotopic (exact) mass is 456 g/mol. The first kappa shape index (κ1) is 31.4. The summed E-state index contributed by atoms with van der Waals surface area (Å²) in [6.07, 6.45) is 22.4. The number of hydrogen-bond acceptors (Lipinski definition) is 2. The van der Waals surface area contributed by atoms with E-state index in [0.717, 1.165) is 43.3 Å². The Balaban J connectivity index is 3.57. The predicted octanol–water partition coefficient (Wildman–Crippen LogP) is 7.58. The number of quaternary nitrogens is 1. The van der Waals surface area contributed by atoms with Crippen molar-refractivity contribution in [3.05, 3.63) is 0 Å². The molecule has 0 amide bonds. The molecule has 0 aromatic rings. The molecule has 4 nitrogen and oxygen atoms in total. The largest absolute Gasteiger partial charge is 0.481 e. The van der Waals surface area contributed by atoms with Gasteiger partial charge in [0.25, 0.3) is 0 Å². The number of unbranched alkanes of at least 4 members (excludes halogenated alkanes) is 14. The lowest BCUT2D eigenvalue weighted by molar-refractivity contribution is -0.893. The lowest BCUT2D eigenvalue weighted by Crippen LogP contribution is -2.46. The Morgan fingerprint density at radius 2 is 1.19 bits per heavy atom. The van der Waals surface area contributed by atoms with E-state index in [9.17, 15) is 15.0 Å². The minimum Gasteiger partial charge on any atom is -0.481 e. The van der Waals surface area contributed by atoms with E-state index >= 15 is 0 Å². The molecule has 0 aliphatic rings. The summed E-state index contributed by atoms with van der Waals surface area (Å²) < 4.78 is 0.813. The molecular weight excluding hydrogens is 398 g/mol. The first-order chi connectivity index (χ1) is 15.1. The van der Waals surface area contributed by atoms with E-state index in [0.29, 0.717) is 6.42 Å². The summed E-state index contributed by atoms with van der Waals surface area (Å²) in [7, 11) is 4.35. The van der Waals surface area contributed by atoms with Crippen molar-refractivity contribution in [1.29, 1.82) is 0 Å². The summed E-state index contributed by atoms with van der Waals surface area (Å²) in [5.41, 5.74) is -0.634. The van der Waals surface area contributed by atoms with Gasteiger partial charge < -0.3 is 14.7 Å². The van der Waals surface area contributed by atoms with E-state index < -0.39 is 11.4 Å². The molecule has 0 rings (SSSR count). The summed E-state index contributed by atoms with van der Waals surface area (Å²) in [5, 5.41) is 19.6. The molecule has 0 aliphatic heterocycles. The van der Waals surface area contributed by atoms with E-state index in [2.05, 4.69) is 21.0 Å². The van der Waals surface area contributed by atoms with E-state index in [1.165, 1.54) is 83.5 Å². The van der Waals surface area contributed by atoms with Crippen molar-refractivity contribution < 1.29 is 19.5 Å². The van der Waals surface area contributed by atoms with Crippen molar-refractivity contribution in [3.63, 3.8) is 0 Å². The Labute approximate surface area is 200 Å². The lowest BCUT2D eigenvalue weighted by Gasteiger charge is -2.32. The summed E-state index contributed by atoms with van der Waals surface area (Å²) in [4.78, 5) is 11.2. The smallest absolute Gasteiger partial charge is 0.309 e. The fraction of sp³-hybridized carbons (Fsp3) is 0.964. The van der Waals surface area contributed by atoms with Crippen molar-refractivity contribution in [2.75, 3.05) is 27.2 Å².